The Kier molecular flexibility index (Phi) is 7.06. The molecule has 1 aliphatic rings. The Balaban J connectivity index is 1.40. The summed E-state index contributed by atoms with van der Waals surface area (Å²) in [6.07, 6.45) is 1.91. The highest BCUT2D eigenvalue weighted by Gasteiger charge is 2.28. The lowest BCUT2D eigenvalue weighted by molar-refractivity contribution is -0.122. The highest BCUT2D eigenvalue weighted by Crippen LogP contribution is 2.28. The second-order valence-electron chi connectivity index (χ2n) is 7.43. The van der Waals surface area contributed by atoms with Crippen LogP contribution >= 0.6 is 0 Å². The van der Waals surface area contributed by atoms with Gasteiger partial charge in [-0.25, -0.2) is 0 Å². The number of aryl methyl sites for hydroxylation is 1. The van der Waals surface area contributed by atoms with E-state index in [1.165, 1.54) is 0 Å². The zero-order valence-electron chi connectivity index (χ0n) is 17.3. The standard InChI is InChI=1S/C23H27N3O4/c1-15-4-3-5-20(16(15)2)30-14-21(27)26-19-10-8-18(9-11-19)23(29)25-13-12-24-22(28)17-6-7-17/h3-5,8-11,17H,6-7,12-14H2,1-2H3,(H,24,28)(H,25,29)(H,26,27). The van der Waals surface area contributed by atoms with Gasteiger partial charge in [0.2, 0.25) is 5.91 Å². The van der Waals surface area contributed by atoms with Gasteiger partial charge in [-0.15, -0.1) is 0 Å². The highest BCUT2D eigenvalue weighted by molar-refractivity contribution is 5.96. The summed E-state index contributed by atoms with van der Waals surface area (Å²) in [7, 11) is 0. The number of rotatable bonds is 9. The van der Waals surface area contributed by atoms with Gasteiger partial charge in [0.15, 0.2) is 6.61 Å². The van der Waals surface area contributed by atoms with Crippen LogP contribution in [-0.2, 0) is 9.59 Å². The first-order valence-corrected chi connectivity index (χ1v) is 10.1. The van der Waals surface area contributed by atoms with Gasteiger partial charge < -0.3 is 20.7 Å². The maximum absolute atomic E-state index is 12.2. The molecule has 158 valence electrons. The number of amides is 3. The SMILES string of the molecule is Cc1cccc(OCC(=O)Nc2ccc(C(=O)NCCNC(=O)C3CC3)cc2)c1C. The van der Waals surface area contributed by atoms with E-state index in [1.54, 1.807) is 24.3 Å². The lowest BCUT2D eigenvalue weighted by Gasteiger charge is -2.11. The minimum Gasteiger partial charge on any atom is -0.483 e. The molecule has 0 unspecified atom stereocenters. The Morgan fingerprint density at radius 2 is 1.67 bits per heavy atom. The van der Waals surface area contributed by atoms with Crippen LogP contribution < -0.4 is 20.7 Å². The summed E-state index contributed by atoms with van der Waals surface area (Å²) in [6, 6.07) is 12.3. The van der Waals surface area contributed by atoms with Crippen molar-refractivity contribution in [3.8, 4) is 5.75 Å². The van der Waals surface area contributed by atoms with Gasteiger partial charge in [-0.2, -0.15) is 0 Å². The molecule has 7 nitrogen and oxygen atoms in total. The molecule has 0 bridgehead atoms. The second kappa shape index (κ2) is 9.91. The average Bonchev–Trinajstić information content (AvgIpc) is 3.58. The van der Waals surface area contributed by atoms with Crippen LogP contribution in [0.15, 0.2) is 42.5 Å². The number of carbonyl (C=O) groups is 3. The third-order valence-corrected chi connectivity index (χ3v) is 5.00. The summed E-state index contributed by atoms with van der Waals surface area (Å²) in [5, 5.41) is 8.31. The van der Waals surface area contributed by atoms with E-state index in [9.17, 15) is 14.4 Å². The second-order valence-corrected chi connectivity index (χ2v) is 7.43. The molecule has 0 saturated heterocycles. The Labute approximate surface area is 176 Å². The van der Waals surface area contributed by atoms with Crippen molar-refractivity contribution in [2.24, 2.45) is 5.92 Å². The van der Waals surface area contributed by atoms with E-state index in [0.717, 1.165) is 24.0 Å². The Morgan fingerprint density at radius 1 is 0.967 bits per heavy atom. The van der Waals surface area contributed by atoms with Gasteiger partial charge in [-0.3, -0.25) is 14.4 Å². The predicted molar refractivity (Wildman–Crippen MR) is 115 cm³/mol. The van der Waals surface area contributed by atoms with Crippen molar-refractivity contribution in [3.63, 3.8) is 0 Å². The van der Waals surface area contributed by atoms with Gasteiger partial charge in [-0.1, -0.05) is 12.1 Å². The molecule has 0 heterocycles. The van der Waals surface area contributed by atoms with Crippen molar-refractivity contribution < 1.29 is 19.1 Å². The average molecular weight is 409 g/mol. The zero-order chi connectivity index (χ0) is 21.5. The summed E-state index contributed by atoms with van der Waals surface area (Å²) < 4.78 is 5.60. The fraction of sp³-hybridized carbons (Fsp3) is 0.348. The molecule has 1 aliphatic carbocycles. The molecule has 1 fully saturated rings. The van der Waals surface area contributed by atoms with E-state index in [-0.39, 0.29) is 30.2 Å². The molecule has 2 aromatic carbocycles. The molecule has 0 spiro atoms. The predicted octanol–water partition coefficient (Wildman–Crippen LogP) is 2.58. The Bertz CT molecular complexity index is 921. The largest absolute Gasteiger partial charge is 0.483 e. The smallest absolute Gasteiger partial charge is 0.262 e. The number of anilines is 1. The van der Waals surface area contributed by atoms with Crippen molar-refractivity contribution in [1.29, 1.82) is 0 Å². The number of ether oxygens (including phenoxy) is 1. The molecule has 2 aromatic rings. The maximum atomic E-state index is 12.2. The monoisotopic (exact) mass is 409 g/mol. The van der Waals surface area contributed by atoms with Crippen LogP contribution in [-0.4, -0.2) is 37.4 Å². The number of nitrogens with one attached hydrogen (secondary N) is 3. The van der Waals surface area contributed by atoms with E-state index in [4.69, 9.17) is 4.74 Å². The first-order chi connectivity index (χ1) is 14.4. The topological polar surface area (TPSA) is 96.5 Å². The quantitative estimate of drug-likeness (QED) is 0.555. The molecular formula is C23H27N3O4. The van der Waals surface area contributed by atoms with Gasteiger partial charge in [0.25, 0.3) is 11.8 Å². The van der Waals surface area contributed by atoms with Crippen molar-refractivity contribution in [2.75, 3.05) is 25.0 Å². The first kappa shape index (κ1) is 21.4. The molecule has 3 amide bonds. The van der Waals surface area contributed by atoms with Crippen molar-refractivity contribution >= 4 is 23.4 Å². The van der Waals surface area contributed by atoms with E-state index < -0.39 is 0 Å². The van der Waals surface area contributed by atoms with Crippen molar-refractivity contribution in [2.45, 2.75) is 26.7 Å². The summed E-state index contributed by atoms with van der Waals surface area (Å²) in [5.41, 5.74) is 3.17. The molecule has 0 aliphatic heterocycles. The lowest BCUT2D eigenvalue weighted by atomic mass is 10.1. The Hall–Kier alpha value is -3.35. The van der Waals surface area contributed by atoms with Crippen LogP contribution in [0.3, 0.4) is 0 Å². The maximum Gasteiger partial charge on any atom is 0.262 e. The van der Waals surface area contributed by atoms with Gasteiger partial charge in [-0.05, 0) is 68.1 Å². The molecule has 3 N–H and O–H groups in total. The summed E-state index contributed by atoms with van der Waals surface area (Å²) >= 11 is 0. The highest BCUT2D eigenvalue weighted by atomic mass is 16.5. The van der Waals surface area contributed by atoms with Crippen LogP contribution in [0.25, 0.3) is 0 Å². The fourth-order valence-corrected chi connectivity index (χ4v) is 2.88. The zero-order valence-corrected chi connectivity index (χ0v) is 17.3. The molecule has 30 heavy (non-hydrogen) atoms. The summed E-state index contributed by atoms with van der Waals surface area (Å²) in [5.74, 6) is 0.400. The van der Waals surface area contributed by atoms with Gasteiger partial charge in [0.05, 0.1) is 0 Å². The molecule has 1 saturated carbocycles. The van der Waals surface area contributed by atoms with Crippen molar-refractivity contribution in [3.05, 3.63) is 59.2 Å². The first-order valence-electron chi connectivity index (χ1n) is 10.1. The minimum absolute atomic E-state index is 0.0610. The summed E-state index contributed by atoms with van der Waals surface area (Å²) in [4.78, 5) is 35.8. The number of benzene rings is 2. The lowest BCUT2D eigenvalue weighted by Crippen LogP contribution is -2.35. The van der Waals surface area contributed by atoms with Gasteiger partial charge >= 0.3 is 0 Å². The molecule has 7 heteroatoms. The van der Waals surface area contributed by atoms with Crippen LogP contribution in [0, 0.1) is 19.8 Å². The molecule has 0 aromatic heterocycles. The summed E-state index contributed by atoms with van der Waals surface area (Å²) in [6.45, 7) is 4.62. The third-order valence-electron chi connectivity index (χ3n) is 5.00. The molecule has 0 atom stereocenters. The minimum atomic E-state index is -0.278. The van der Waals surface area contributed by atoms with E-state index >= 15 is 0 Å². The van der Waals surface area contributed by atoms with Crippen molar-refractivity contribution in [1.82, 2.24) is 10.6 Å². The van der Waals surface area contributed by atoms with Crippen LogP contribution in [0.1, 0.15) is 34.3 Å². The number of carbonyl (C=O) groups excluding carboxylic acids is 3. The molecular weight excluding hydrogens is 382 g/mol. The normalized spacial score (nSPS) is 12.7. The van der Waals surface area contributed by atoms with Gasteiger partial charge in [0, 0.05) is 30.3 Å². The van der Waals surface area contributed by atoms with Crippen LogP contribution in [0.2, 0.25) is 0 Å². The van der Waals surface area contributed by atoms with E-state index in [0.29, 0.717) is 30.1 Å². The van der Waals surface area contributed by atoms with E-state index in [1.807, 2.05) is 32.0 Å². The van der Waals surface area contributed by atoms with Gasteiger partial charge in [0.1, 0.15) is 5.75 Å². The van der Waals surface area contributed by atoms with Crippen LogP contribution in [0.5, 0.6) is 5.75 Å². The fourth-order valence-electron chi connectivity index (χ4n) is 2.88. The van der Waals surface area contributed by atoms with E-state index in [2.05, 4.69) is 16.0 Å². The third kappa shape index (κ3) is 6.07. The Morgan fingerprint density at radius 3 is 2.37 bits per heavy atom. The van der Waals surface area contributed by atoms with Crippen LogP contribution in [0.4, 0.5) is 5.69 Å². The number of hydrogen-bond acceptors (Lipinski definition) is 4. The molecule has 3 rings (SSSR count). The molecule has 0 radical (unpaired) electrons. The number of hydrogen-bond donors (Lipinski definition) is 3.